The maximum atomic E-state index is 5.35. The Balaban J connectivity index is 3.09. The molecule has 0 aliphatic heterocycles. The van der Waals surface area contributed by atoms with E-state index in [-0.39, 0.29) is 6.17 Å². The predicted octanol–water partition coefficient (Wildman–Crippen LogP) is 1.70. The summed E-state index contributed by atoms with van der Waals surface area (Å²) in [5.41, 5.74) is 2.48. The minimum atomic E-state index is 0.131. The third-order valence-corrected chi connectivity index (χ3v) is 2.59. The van der Waals surface area contributed by atoms with E-state index in [0.717, 1.165) is 17.7 Å². The summed E-state index contributed by atoms with van der Waals surface area (Å²) < 4.78 is 5.35. The summed E-state index contributed by atoms with van der Waals surface area (Å²) >= 11 is 0. The van der Waals surface area contributed by atoms with Crippen molar-refractivity contribution in [1.29, 1.82) is 0 Å². The molecule has 0 aromatic heterocycles. The number of rotatable bonds is 5. The standard InChI is InChI=1S/C12H20N2O/c1-5-9-6-7-11(15-4)10(8-9)12(13-2)14-3/h6-8,12-14H,5H2,1-4H3. The third kappa shape index (κ3) is 2.70. The minimum absolute atomic E-state index is 0.131. The molecule has 0 amide bonds. The molecule has 15 heavy (non-hydrogen) atoms. The van der Waals surface area contributed by atoms with Gasteiger partial charge in [0.15, 0.2) is 0 Å². The molecule has 0 spiro atoms. The lowest BCUT2D eigenvalue weighted by atomic mass is 10.1. The number of methoxy groups -OCH3 is 1. The summed E-state index contributed by atoms with van der Waals surface area (Å²) in [6.45, 7) is 2.15. The van der Waals surface area contributed by atoms with Gasteiger partial charge in [-0.3, -0.25) is 0 Å². The molecule has 0 fully saturated rings. The number of benzene rings is 1. The van der Waals surface area contributed by atoms with Gasteiger partial charge in [-0.2, -0.15) is 0 Å². The largest absolute Gasteiger partial charge is 0.496 e. The first-order valence-corrected chi connectivity index (χ1v) is 5.28. The summed E-state index contributed by atoms with van der Waals surface area (Å²) in [5.74, 6) is 0.918. The van der Waals surface area contributed by atoms with Gasteiger partial charge in [0.25, 0.3) is 0 Å². The summed E-state index contributed by atoms with van der Waals surface area (Å²) in [5, 5.41) is 6.41. The van der Waals surface area contributed by atoms with Gasteiger partial charge >= 0.3 is 0 Å². The van der Waals surface area contributed by atoms with Gasteiger partial charge < -0.3 is 15.4 Å². The van der Waals surface area contributed by atoms with Gasteiger partial charge in [-0.1, -0.05) is 13.0 Å². The van der Waals surface area contributed by atoms with Crippen molar-refractivity contribution >= 4 is 0 Å². The second-order valence-corrected chi connectivity index (χ2v) is 3.44. The van der Waals surface area contributed by atoms with E-state index in [1.165, 1.54) is 5.56 Å². The van der Waals surface area contributed by atoms with Crippen molar-refractivity contribution in [2.75, 3.05) is 21.2 Å². The van der Waals surface area contributed by atoms with Crippen LogP contribution in [0.15, 0.2) is 18.2 Å². The van der Waals surface area contributed by atoms with Gasteiger partial charge in [-0.25, -0.2) is 0 Å². The van der Waals surface area contributed by atoms with Crippen LogP contribution in [0, 0.1) is 0 Å². The highest BCUT2D eigenvalue weighted by Crippen LogP contribution is 2.24. The van der Waals surface area contributed by atoms with Crippen LogP contribution in [0.2, 0.25) is 0 Å². The lowest BCUT2D eigenvalue weighted by Gasteiger charge is -2.19. The SMILES string of the molecule is CCc1ccc(OC)c(C(NC)NC)c1. The van der Waals surface area contributed by atoms with Crippen molar-refractivity contribution in [3.05, 3.63) is 29.3 Å². The molecule has 84 valence electrons. The molecule has 0 bridgehead atoms. The highest BCUT2D eigenvalue weighted by molar-refractivity contribution is 5.39. The molecular formula is C12H20N2O. The minimum Gasteiger partial charge on any atom is -0.496 e. The molecule has 0 saturated carbocycles. The van der Waals surface area contributed by atoms with Crippen LogP contribution in [0.5, 0.6) is 5.75 Å². The number of ether oxygens (including phenoxy) is 1. The second-order valence-electron chi connectivity index (χ2n) is 3.44. The lowest BCUT2D eigenvalue weighted by molar-refractivity contribution is 0.395. The molecule has 0 aliphatic rings. The maximum Gasteiger partial charge on any atom is 0.124 e. The van der Waals surface area contributed by atoms with Gasteiger partial charge in [-0.05, 0) is 38.2 Å². The van der Waals surface area contributed by atoms with Crippen LogP contribution in [0.3, 0.4) is 0 Å². The molecule has 0 heterocycles. The Morgan fingerprint density at radius 1 is 1.27 bits per heavy atom. The molecular weight excluding hydrogens is 188 g/mol. The fourth-order valence-corrected chi connectivity index (χ4v) is 1.68. The van der Waals surface area contributed by atoms with Crippen LogP contribution >= 0.6 is 0 Å². The first kappa shape index (κ1) is 12.0. The van der Waals surface area contributed by atoms with E-state index in [4.69, 9.17) is 4.74 Å². The van der Waals surface area contributed by atoms with Crippen LogP contribution in [0.1, 0.15) is 24.2 Å². The quantitative estimate of drug-likeness (QED) is 0.723. The summed E-state index contributed by atoms with van der Waals surface area (Å²) in [4.78, 5) is 0. The number of nitrogens with one attached hydrogen (secondary N) is 2. The number of aryl methyl sites for hydroxylation is 1. The summed E-state index contributed by atoms with van der Waals surface area (Å²) in [6.07, 6.45) is 1.17. The van der Waals surface area contributed by atoms with Gasteiger partial charge in [0.05, 0.1) is 13.3 Å². The lowest BCUT2D eigenvalue weighted by Crippen LogP contribution is -2.29. The topological polar surface area (TPSA) is 33.3 Å². The Morgan fingerprint density at radius 3 is 2.40 bits per heavy atom. The van der Waals surface area contributed by atoms with Gasteiger partial charge in [0.2, 0.25) is 0 Å². The third-order valence-electron chi connectivity index (χ3n) is 2.59. The zero-order valence-corrected chi connectivity index (χ0v) is 9.92. The van der Waals surface area contributed by atoms with Crippen LogP contribution in [-0.2, 0) is 6.42 Å². The Morgan fingerprint density at radius 2 is 1.93 bits per heavy atom. The Bertz CT molecular complexity index is 308. The first-order chi connectivity index (χ1) is 7.26. The Kier molecular flexibility index (Phi) is 4.59. The first-order valence-electron chi connectivity index (χ1n) is 5.28. The van der Waals surface area contributed by atoms with Crippen LogP contribution in [0.25, 0.3) is 0 Å². The zero-order chi connectivity index (χ0) is 11.3. The van der Waals surface area contributed by atoms with Crippen molar-refractivity contribution in [1.82, 2.24) is 10.6 Å². The monoisotopic (exact) mass is 208 g/mol. The van der Waals surface area contributed by atoms with Gasteiger partial charge in [0.1, 0.15) is 5.75 Å². The van der Waals surface area contributed by atoms with E-state index in [2.05, 4.69) is 29.7 Å². The van der Waals surface area contributed by atoms with Crippen molar-refractivity contribution < 1.29 is 4.74 Å². The normalized spacial score (nSPS) is 10.7. The van der Waals surface area contributed by atoms with Gasteiger partial charge in [-0.15, -0.1) is 0 Å². The number of hydrogen-bond donors (Lipinski definition) is 2. The average molecular weight is 208 g/mol. The van der Waals surface area contributed by atoms with E-state index >= 15 is 0 Å². The van der Waals surface area contributed by atoms with Crippen molar-refractivity contribution in [3.8, 4) is 5.75 Å². The van der Waals surface area contributed by atoms with Crippen molar-refractivity contribution in [2.45, 2.75) is 19.5 Å². The zero-order valence-electron chi connectivity index (χ0n) is 9.92. The van der Waals surface area contributed by atoms with Gasteiger partial charge in [0, 0.05) is 5.56 Å². The maximum absolute atomic E-state index is 5.35. The summed E-state index contributed by atoms with van der Waals surface area (Å²) in [7, 11) is 5.56. The van der Waals surface area contributed by atoms with Crippen molar-refractivity contribution in [3.63, 3.8) is 0 Å². The molecule has 0 aliphatic carbocycles. The fourth-order valence-electron chi connectivity index (χ4n) is 1.68. The highest BCUT2D eigenvalue weighted by atomic mass is 16.5. The van der Waals surface area contributed by atoms with Crippen molar-refractivity contribution in [2.24, 2.45) is 0 Å². The van der Waals surface area contributed by atoms with E-state index in [1.54, 1.807) is 7.11 Å². The molecule has 0 unspecified atom stereocenters. The molecule has 3 heteroatoms. The Hall–Kier alpha value is -1.06. The highest BCUT2D eigenvalue weighted by Gasteiger charge is 2.12. The summed E-state index contributed by atoms with van der Waals surface area (Å²) in [6, 6.07) is 6.30. The fraction of sp³-hybridized carbons (Fsp3) is 0.500. The molecule has 0 atom stereocenters. The Labute approximate surface area is 91.8 Å². The smallest absolute Gasteiger partial charge is 0.124 e. The second kappa shape index (κ2) is 5.73. The molecule has 2 N–H and O–H groups in total. The number of hydrogen-bond acceptors (Lipinski definition) is 3. The van der Waals surface area contributed by atoms with Crippen LogP contribution in [-0.4, -0.2) is 21.2 Å². The van der Waals surface area contributed by atoms with E-state index in [0.29, 0.717) is 0 Å². The van der Waals surface area contributed by atoms with Crippen LogP contribution in [0.4, 0.5) is 0 Å². The molecule has 3 nitrogen and oxygen atoms in total. The van der Waals surface area contributed by atoms with E-state index < -0.39 is 0 Å². The molecule has 0 saturated heterocycles. The molecule has 0 radical (unpaired) electrons. The van der Waals surface area contributed by atoms with Crippen LogP contribution < -0.4 is 15.4 Å². The van der Waals surface area contributed by atoms with E-state index in [9.17, 15) is 0 Å². The molecule has 1 aromatic carbocycles. The molecule has 1 aromatic rings. The molecule has 1 rings (SSSR count). The predicted molar refractivity (Wildman–Crippen MR) is 63.2 cm³/mol. The average Bonchev–Trinajstić information content (AvgIpc) is 2.30. The van der Waals surface area contributed by atoms with E-state index in [1.807, 2.05) is 20.2 Å².